The first-order chi connectivity index (χ1) is 13.6. The molecule has 0 radical (unpaired) electrons. The molecule has 5 heteroatoms. The lowest BCUT2D eigenvalue weighted by Crippen LogP contribution is -2.24. The zero-order valence-corrected chi connectivity index (χ0v) is 16.2. The number of carbonyl (C=O) groups excluding carboxylic acids is 1. The van der Waals surface area contributed by atoms with Gasteiger partial charge >= 0.3 is 0 Å². The summed E-state index contributed by atoms with van der Waals surface area (Å²) < 4.78 is 11.0. The molecule has 0 aromatic heterocycles. The monoisotopic (exact) mass is 374 g/mol. The average Bonchev–Trinajstić information content (AvgIpc) is 3.18. The summed E-state index contributed by atoms with van der Waals surface area (Å²) in [4.78, 5) is 12.3. The van der Waals surface area contributed by atoms with E-state index in [1.807, 2.05) is 48.5 Å². The molecule has 28 heavy (non-hydrogen) atoms. The maximum Gasteiger partial charge on any atom is 0.240 e. The van der Waals surface area contributed by atoms with Gasteiger partial charge in [0.2, 0.25) is 5.91 Å². The standard InChI is InChI=1S/C23H22N2O3/c1-15(26)25-21(17-8-6-9-18(13-17)27-2)14-20(24-25)23-19-10-5-4-7-16(19)11-12-22(23)28-3/h4-13,21H,14H2,1-3H3/t21-/m0/s1. The summed E-state index contributed by atoms with van der Waals surface area (Å²) in [5.74, 6) is 1.42. The number of ether oxygens (including phenoxy) is 2. The van der Waals surface area contributed by atoms with Crippen LogP contribution < -0.4 is 9.47 Å². The van der Waals surface area contributed by atoms with E-state index in [0.29, 0.717) is 6.42 Å². The van der Waals surface area contributed by atoms with Crippen molar-refractivity contribution in [2.45, 2.75) is 19.4 Å². The maximum absolute atomic E-state index is 12.3. The van der Waals surface area contributed by atoms with Crippen molar-refractivity contribution in [3.05, 3.63) is 71.8 Å². The molecule has 0 aliphatic carbocycles. The maximum atomic E-state index is 12.3. The Morgan fingerprint density at radius 1 is 1.04 bits per heavy atom. The van der Waals surface area contributed by atoms with Crippen molar-refractivity contribution in [1.29, 1.82) is 0 Å². The summed E-state index contributed by atoms with van der Waals surface area (Å²) in [5.41, 5.74) is 2.78. The highest BCUT2D eigenvalue weighted by molar-refractivity contribution is 6.14. The van der Waals surface area contributed by atoms with Gasteiger partial charge in [-0.05, 0) is 34.5 Å². The second kappa shape index (κ2) is 7.35. The van der Waals surface area contributed by atoms with Crippen LogP contribution in [0.15, 0.2) is 65.8 Å². The van der Waals surface area contributed by atoms with Crippen molar-refractivity contribution in [1.82, 2.24) is 5.01 Å². The Labute approximate surface area is 164 Å². The van der Waals surface area contributed by atoms with Crippen LogP contribution in [0.3, 0.4) is 0 Å². The number of methoxy groups -OCH3 is 2. The molecule has 0 unspecified atom stereocenters. The van der Waals surface area contributed by atoms with Crippen molar-refractivity contribution in [2.24, 2.45) is 5.10 Å². The summed E-state index contributed by atoms with van der Waals surface area (Å²) in [7, 11) is 3.30. The molecule has 1 heterocycles. The minimum absolute atomic E-state index is 0.0953. The Kier molecular flexibility index (Phi) is 4.74. The largest absolute Gasteiger partial charge is 0.497 e. The third-order valence-electron chi connectivity index (χ3n) is 5.11. The molecule has 1 aliphatic rings. The van der Waals surface area contributed by atoms with Crippen LogP contribution in [0.25, 0.3) is 10.8 Å². The van der Waals surface area contributed by atoms with E-state index in [1.165, 1.54) is 0 Å². The van der Waals surface area contributed by atoms with E-state index in [1.54, 1.807) is 26.2 Å². The second-order valence-corrected chi connectivity index (χ2v) is 6.77. The fraction of sp³-hybridized carbons (Fsp3) is 0.217. The number of amides is 1. The molecule has 0 saturated heterocycles. The summed E-state index contributed by atoms with van der Waals surface area (Å²) in [6.07, 6.45) is 0.608. The highest BCUT2D eigenvalue weighted by Crippen LogP contribution is 2.38. The molecule has 5 nitrogen and oxygen atoms in total. The van der Waals surface area contributed by atoms with Crippen molar-refractivity contribution in [3.63, 3.8) is 0 Å². The fourth-order valence-electron chi connectivity index (χ4n) is 3.78. The number of carbonyl (C=O) groups is 1. The summed E-state index contributed by atoms with van der Waals surface area (Å²) in [5, 5.41) is 8.45. The lowest BCUT2D eigenvalue weighted by molar-refractivity contribution is -0.130. The third-order valence-corrected chi connectivity index (χ3v) is 5.11. The Morgan fingerprint density at radius 3 is 2.61 bits per heavy atom. The molecule has 0 saturated carbocycles. The van der Waals surface area contributed by atoms with Crippen LogP contribution >= 0.6 is 0 Å². The molecule has 1 atom stereocenters. The average molecular weight is 374 g/mol. The highest BCUT2D eigenvalue weighted by Gasteiger charge is 2.33. The van der Waals surface area contributed by atoms with Gasteiger partial charge in [0.1, 0.15) is 11.5 Å². The smallest absolute Gasteiger partial charge is 0.240 e. The third kappa shape index (κ3) is 3.09. The lowest BCUT2D eigenvalue weighted by Gasteiger charge is -2.20. The molecule has 4 rings (SSSR count). The number of fused-ring (bicyclic) bond motifs is 1. The van der Waals surface area contributed by atoms with Crippen LogP contribution in [0.4, 0.5) is 0 Å². The Morgan fingerprint density at radius 2 is 1.86 bits per heavy atom. The van der Waals surface area contributed by atoms with Crippen LogP contribution in [0.2, 0.25) is 0 Å². The van der Waals surface area contributed by atoms with Gasteiger partial charge in [0, 0.05) is 18.9 Å². The van der Waals surface area contributed by atoms with Gasteiger partial charge in [-0.3, -0.25) is 4.79 Å². The normalized spacial score (nSPS) is 16.2. The molecule has 0 spiro atoms. The van der Waals surface area contributed by atoms with Gasteiger partial charge in [-0.25, -0.2) is 5.01 Å². The van der Waals surface area contributed by atoms with Crippen molar-refractivity contribution in [3.8, 4) is 11.5 Å². The second-order valence-electron chi connectivity index (χ2n) is 6.77. The molecule has 0 N–H and O–H groups in total. The molecule has 1 aliphatic heterocycles. The Bertz CT molecular complexity index is 1070. The van der Waals surface area contributed by atoms with Gasteiger partial charge < -0.3 is 9.47 Å². The number of hydrogen-bond donors (Lipinski definition) is 0. The molecular weight excluding hydrogens is 352 g/mol. The zero-order valence-electron chi connectivity index (χ0n) is 16.2. The molecule has 1 amide bonds. The van der Waals surface area contributed by atoms with E-state index in [0.717, 1.165) is 39.1 Å². The van der Waals surface area contributed by atoms with Crippen molar-refractivity contribution >= 4 is 22.4 Å². The minimum Gasteiger partial charge on any atom is -0.497 e. The van der Waals surface area contributed by atoms with Gasteiger partial charge in [-0.1, -0.05) is 42.5 Å². The van der Waals surface area contributed by atoms with E-state index >= 15 is 0 Å². The molecular formula is C23H22N2O3. The number of nitrogens with zero attached hydrogens (tertiary/aromatic N) is 2. The van der Waals surface area contributed by atoms with Gasteiger partial charge in [0.15, 0.2) is 0 Å². The number of rotatable bonds is 4. The minimum atomic E-state index is -0.175. The number of benzene rings is 3. The molecule has 3 aromatic rings. The summed E-state index contributed by atoms with van der Waals surface area (Å²) in [6, 6.07) is 19.7. The predicted molar refractivity (Wildman–Crippen MR) is 110 cm³/mol. The van der Waals surface area contributed by atoms with E-state index < -0.39 is 0 Å². The lowest BCUT2D eigenvalue weighted by atomic mass is 9.94. The first-order valence-electron chi connectivity index (χ1n) is 9.19. The highest BCUT2D eigenvalue weighted by atomic mass is 16.5. The van der Waals surface area contributed by atoms with Gasteiger partial charge in [-0.2, -0.15) is 5.10 Å². The van der Waals surface area contributed by atoms with Gasteiger partial charge in [0.05, 0.1) is 26.0 Å². The van der Waals surface area contributed by atoms with Crippen LogP contribution in [0, 0.1) is 0 Å². The topological polar surface area (TPSA) is 51.1 Å². The molecule has 0 bridgehead atoms. The number of hydrazone groups is 1. The van der Waals surface area contributed by atoms with Crippen LogP contribution in [-0.4, -0.2) is 30.8 Å². The van der Waals surface area contributed by atoms with E-state index in [4.69, 9.17) is 14.6 Å². The summed E-state index contributed by atoms with van der Waals surface area (Å²) >= 11 is 0. The van der Waals surface area contributed by atoms with E-state index in [-0.39, 0.29) is 11.9 Å². The van der Waals surface area contributed by atoms with Gasteiger partial charge in [0.25, 0.3) is 0 Å². The Balaban J connectivity index is 1.82. The van der Waals surface area contributed by atoms with Gasteiger partial charge in [-0.15, -0.1) is 0 Å². The fourth-order valence-corrected chi connectivity index (χ4v) is 3.78. The molecule has 3 aromatic carbocycles. The first kappa shape index (κ1) is 18.0. The van der Waals surface area contributed by atoms with Crippen LogP contribution in [-0.2, 0) is 4.79 Å². The SMILES string of the molecule is COc1cccc([C@@H]2CC(c3c(OC)ccc4ccccc34)=NN2C(C)=O)c1. The van der Waals surface area contributed by atoms with Crippen LogP contribution in [0.1, 0.15) is 30.5 Å². The first-order valence-corrected chi connectivity index (χ1v) is 9.19. The van der Waals surface area contributed by atoms with Crippen molar-refractivity contribution in [2.75, 3.05) is 14.2 Å². The Hall–Kier alpha value is -3.34. The van der Waals surface area contributed by atoms with E-state index in [9.17, 15) is 4.79 Å². The summed E-state index contributed by atoms with van der Waals surface area (Å²) in [6.45, 7) is 1.54. The zero-order chi connectivity index (χ0) is 19.7. The quantitative estimate of drug-likeness (QED) is 0.673. The molecule has 0 fully saturated rings. The molecule has 142 valence electrons. The van der Waals surface area contributed by atoms with E-state index in [2.05, 4.69) is 12.1 Å². The predicted octanol–water partition coefficient (Wildman–Crippen LogP) is 4.55. The van der Waals surface area contributed by atoms with Crippen molar-refractivity contribution < 1.29 is 14.3 Å². The van der Waals surface area contributed by atoms with Crippen LogP contribution in [0.5, 0.6) is 11.5 Å². The number of hydrogen-bond acceptors (Lipinski definition) is 4.